The summed E-state index contributed by atoms with van der Waals surface area (Å²) in [6, 6.07) is 10.1. The van der Waals surface area contributed by atoms with Crippen LogP contribution in [0.3, 0.4) is 0 Å². The van der Waals surface area contributed by atoms with E-state index in [4.69, 9.17) is 28.6 Å². The van der Waals surface area contributed by atoms with Crippen LogP contribution in [-0.2, 0) is 5.41 Å². The highest BCUT2D eigenvalue weighted by atomic mass is 35.5. The van der Waals surface area contributed by atoms with Gasteiger partial charge in [-0.05, 0) is 55.6 Å². The smallest absolute Gasteiger partial charge is 0.234 e. The van der Waals surface area contributed by atoms with E-state index < -0.39 is 0 Å². The summed E-state index contributed by atoms with van der Waals surface area (Å²) in [4.78, 5) is 11.3. The van der Waals surface area contributed by atoms with Crippen LogP contribution in [0.25, 0.3) is 0 Å². The van der Waals surface area contributed by atoms with E-state index in [-0.39, 0.29) is 5.41 Å². The summed E-state index contributed by atoms with van der Waals surface area (Å²) in [6.45, 7) is 2.78. The minimum atomic E-state index is 0.0757. The highest BCUT2D eigenvalue weighted by Gasteiger charge is 2.35. The Kier molecular flexibility index (Phi) is 6.58. The van der Waals surface area contributed by atoms with Gasteiger partial charge < -0.3 is 20.3 Å². The average Bonchev–Trinajstić information content (AvgIpc) is 3.45. The number of methoxy groups -OCH3 is 1. The number of hydrogen-bond acceptors (Lipinski definition) is 5. The summed E-state index contributed by atoms with van der Waals surface area (Å²) in [6.07, 6.45) is 7.09. The molecule has 4 rings (SSSR count). The van der Waals surface area contributed by atoms with E-state index >= 15 is 0 Å². The van der Waals surface area contributed by atoms with Gasteiger partial charge >= 0.3 is 0 Å². The van der Waals surface area contributed by atoms with Gasteiger partial charge in [-0.3, -0.25) is 0 Å². The fourth-order valence-corrected chi connectivity index (χ4v) is 4.79. The van der Waals surface area contributed by atoms with E-state index in [0.29, 0.717) is 16.9 Å². The van der Waals surface area contributed by atoms with Crippen LogP contribution < -0.4 is 20.3 Å². The Morgan fingerprint density at radius 1 is 1.13 bits per heavy atom. The second kappa shape index (κ2) is 9.35. The number of rotatable bonds is 6. The molecule has 1 aromatic heterocycles. The van der Waals surface area contributed by atoms with Crippen LogP contribution in [0.1, 0.15) is 44.1 Å². The molecule has 0 bridgehead atoms. The second-order valence-electron chi connectivity index (χ2n) is 8.09. The Balaban J connectivity index is 1.44. The lowest BCUT2D eigenvalue weighted by atomic mass is 9.79. The SMILES string of the molecule is COc1cc(N2CCCC2)nc(NC(=S)NCC2(c3ccc(Cl)cc3)CCCC2)n1. The summed E-state index contributed by atoms with van der Waals surface area (Å²) in [5.74, 6) is 1.87. The monoisotopic (exact) mass is 445 g/mol. The van der Waals surface area contributed by atoms with Crippen molar-refractivity contribution in [2.24, 2.45) is 0 Å². The van der Waals surface area contributed by atoms with Gasteiger partial charge in [0.05, 0.1) is 7.11 Å². The number of nitrogens with zero attached hydrogens (tertiary/aromatic N) is 3. The molecule has 6 nitrogen and oxygen atoms in total. The minimum Gasteiger partial charge on any atom is -0.481 e. The fourth-order valence-electron chi connectivity index (χ4n) is 4.50. The lowest BCUT2D eigenvalue weighted by molar-refractivity contribution is 0.397. The molecule has 2 aliphatic rings. The molecule has 1 saturated carbocycles. The van der Waals surface area contributed by atoms with Crippen molar-refractivity contribution in [2.75, 3.05) is 37.0 Å². The quantitative estimate of drug-likeness (QED) is 0.633. The summed E-state index contributed by atoms with van der Waals surface area (Å²) in [5.41, 5.74) is 1.39. The molecule has 1 aliphatic carbocycles. The lowest BCUT2D eigenvalue weighted by Gasteiger charge is -2.30. The number of halogens is 1. The number of benzene rings is 1. The molecular weight excluding hydrogens is 418 g/mol. The Morgan fingerprint density at radius 2 is 1.83 bits per heavy atom. The van der Waals surface area contributed by atoms with Crippen LogP contribution in [-0.4, -0.2) is 41.8 Å². The molecule has 2 fully saturated rings. The van der Waals surface area contributed by atoms with Gasteiger partial charge in [0.2, 0.25) is 11.8 Å². The van der Waals surface area contributed by atoms with Crippen molar-refractivity contribution in [3.05, 3.63) is 40.9 Å². The van der Waals surface area contributed by atoms with E-state index in [1.54, 1.807) is 7.11 Å². The summed E-state index contributed by atoms with van der Waals surface area (Å²) in [7, 11) is 1.62. The molecule has 2 aromatic rings. The second-order valence-corrected chi connectivity index (χ2v) is 8.93. The van der Waals surface area contributed by atoms with E-state index in [0.717, 1.165) is 43.3 Å². The van der Waals surface area contributed by atoms with Gasteiger partial charge in [-0.2, -0.15) is 9.97 Å². The molecule has 0 spiro atoms. The van der Waals surface area contributed by atoms with Crippen LogP contribution in [0, 0.1) is 0 Å². The van der Waals surface area contributed by atoms with E-state index in [2.05, 4.69) is 37.6 Å². The standard InChI is InChI=1S/C22H28ClN5OS/c1-29-19-14-18(28-12-4-5-13-28)25-20(26-19)27-21(30)24-15-22(10-2-3-11-22)16-6-8-17(23)9-7-16/h6-9,14H,2-5,10-13,15H2,1H3,(H2,24,25,26,27,30). The molecule has 1 aliphatic heterocycles. The zero-order valence-corrected chi connectivity index (χ0v) is 18.9. The molecule has 30 heavy (non-hydrogen) atoms. The molecule has 1 saturated heterocycles. The number of nitrogens with one attached hydrogen (secondary N) is 2. The van der Waals surface area contributed by atoms with Crippen molar-refractivity contribution in [3.63, 3.8) is 0 Å². The Morgan fingerprint density at radius 3 is 2.50 bits per heavy atom. The summed E-state index contributed by atoms with van der Waals surface area (Å²) >= 11 is 11.7. The fraction of sp³-hybridized carbons (Fsp3) is 0.500. The number of ether oxygens (including phenoxy) is 1. The van der Waals surface area contributed by atoms with Crippen LogP contribution in [0.5, 0.6) is 5.88 Å². The third-order valence-corrected chi connectivity index (χ3v) is 6.66. The first-order valence-electron chi connectivity index (χ1n) is 10.6. The molecule has 2 N–H and O–H groups in total. The van der Waals surface area contributed by atoms with Gasteiger partial charge in [-0.25, -0.2) is 0 Å². The van der Waals surface area contributed by atoms with Gasteiger partial charge in [0.15, 0.2) is 5.11 Å². The zero-order chi connectivity index (χ0) is 21.0. The van der Waals surface area contributed by atoms with E-state index in [9.17, 15) is 0 Å². The van der Waals surface area contributed by atoms with Gasteiger partial charge in [0, 0.05) is 36.1 Å². The largest absolute Gasteiger partial charge is 0.481 e. The van der Waals surface area contributed by atoms with Gasteiger partial charge in [0.25, 0.3) is 0 Å². The maximum absolute atomic E-state index is 6.09. The van der Waals surface area contributed by atoms with Gasteiger partial charge in [-0.1, -0.05) is 36.6 Å². The molecule has 0 amide bonds. The zero-order valence-electron chi connectivity index (χ0n) is 17.3. The van der Waals surface area contributed by atoms with Crippen molar-refractivity contribution in [3.8, 4) is 5.88 Å². The third kappa shape index (κ3) is 4.78. The maximum Gasteiger partial charge on any atom is 0.234 e. The molecule has 0 radical (unpaired) electrons. The number of hydrogen-bond donors (Lipinski definition) is 2. The van der Waals surface area contributed by atoms with Crippen molar-refractivity contribution >= 4 is 40.7 Å². The molecule has 8 heteroatoms. The Hall–Kier alpha value is -2.12. The molecule has 0 unspecified atom stereocenters. The Labute approximate surface area is 188 Å². The number of thiocarbonyl (C=S) groups is 1. The predicted octanol–water partition coefficient (Wildman–Crippen LogP) is 4.54. The normalized spacial score (nSPS) is 17.7. The first-order chi connectivity index (χ1) is 14.6. The highest BCUT2D eigenvalue weighted by Crippen LogP contribution is 2.41. The minimum absolute atomic E-state index is 0.0757. The number of anilines is 2. The van der Waals surface area contributed by atoms with Crippen molar-refractivity contribution in [1.82, 2.24) is 15.3 Å². The van der Waals surface area contributed by atoms with Crippen molar-refractivity contribution < 1.29 is 4.74 Å². The summed E-state index contributed by atoms with van der Waals surface area (Å²) in [5, 5.41) is 7.85. The maximum atomic E-state index is 6.09. The van der Waals surface area contributed by atoms with Crippen LogP contribution >= 0.6 is 23.8 Å². The highest BCUT2D eigenvalue weighted by molar-refractivity contribution is 7.80. The number of aromatic nitrogens is 2. The third-order valence-electron chi connectivity index (χ3n) is 6.16. The van der Waals surface area contributed by atoms with Crippen molar-refractivity contribution in [1.29, 1.82) is 0 Å². The topological polar surface area (TPSA) is 62.3 Å². The molecule has 1 aromatic carbocycles. The molecule has 0 atom stereocenters. The summed E-state index contributed by atoms with van der Waals surface area (Å²) < 4.78 is 5.37. The van der Waals surface area contributed by atoms with Crippen LogP contribution in [0.4, 0.5) is 11.8 Å². The Bertz CT molecular complexity index is 880. The molecule has 160 valence electrons. The average molecular weight is 446 g/mol. The van der Waals surface area contributed by atoms with Crippen LogP contribution in [0.2, 0.25) is 5.02 Å². The predicted molar refractivity (Wildman–Crippen MR) is 126 cm³/mol. The van der Waals surface area contributed by atoms with Crippen LogP contribution in [0.15, 0.2) is 30.3 Å². The first kappa shape index (κ1) is 21.1. The van der Waals surface area contributed by atoms with Gasteiger partial charge in [0.1, 0.15) is 5.82 Å². The first-order valence-corrected chi connectivity index (χ1v) is 11.4. The van der Waals surface area contributed by atoms with Crippen molar-refractivity contribution in [2.45, 2.75) is 43.9 Å². The van der Waals surface area contributed by atoms with E-state index in [1.807, 2.05) is 18.2 Å². The molecular formula is C22H28ClN5OS. The van der Waals surface area contributed by atoms with Gasteiger partial charge in [-0.15, -0.1) is 0 Å². The molecule has 2 heterocycles. The van der Waals surface area contributed by atoms with E-state index in [1.165, 1.54) is 31.2 Å². The lowest BCUT2D eigenvalue weighted by Crippen LogP contribution is -2.41.